The molecule has 0 amide bonds. The van der Waals surface area contributed by atoms with Crippen molar-refractivity contribution in [3.63, 3.8) is 0 Å². The molecule has 0 aliphatic carbocycles. The zero-order chi connectivity index (χ0) is 13.1. The predicted molar refractivity (Wildman–Crippen MR) is 70.0 cm³/mol. The second-order valence-electron chi connectivity index (χ2n) is 3.77. The molecule has 1 heterocycles. The minimum atomic E-state index is -0.853. The highest BCUT2D eigenvalue weighted by Crippen LogP contribution is 2.18. The average molecular weight is 264 g/mol. The van der Waals surface area contributed by atoms with Gasteiger partial charge in [-0.1, -0.05) is 23.9 Å². The second-order valence-corrected chi connectivity index (χ2v) is 4.83. The van der Waals surface area contributed by atoms with Crippen molar-refractivity contribution in [2.24, 2.45) is 7.05 Å². The number of carbonyl (C=O) groups is 1. The van der Waals surface area contributed by atoms with Gasteiger partial charge in [-0.25, -0.2) is 0 Å². The van der Waals surface area contributed by atoms with Crippen LogP contribution in [0.25, 0.3) is 10.9 Å². The summed E-state index contributed by atoms with van der Waals surface area (Å²) < 4.78 is 1.81. The molecule has 6 heteroatoms. The fraction of sp³-hybridized carbons (Fsp3) is 0.250. The van der Waals surface area contributed by atoms with Gasteiger partial charge >= 0.3 is 5.97 Å². The van der Waals surface area contributed by atoms with Crippen molar-refractivity contribution < 1.29 is 9.90 Å². The molecule has 0 aliphatic rings. The van der Waals surface area contributed by atoms with E-state index >= 15 is 0 Å². The number of fused-ring (bicyclic) bond motifs is 1. The van der Waals surface area contributed by atoms with Crippen LogP contribution in [0.1, 0.15) is 6.42 Å². The number of thioether (sulfide) groups is 1. The fourth-order valence-corrected chi connectivity index (χ4v) is 2.53. The number of hydrogen-bond donors (Lipinski definition) is 1. The van der Waals surface area contributed by atoms with Gasteiger partial charge in [-0.05, 0) is 12.1 Å². The van der Waals surface area contributed by atoms with Gasteiger partial charge in [0.1, 0.15) is 0 Å². The van der Waals surface area contributed by atoms with Crippen molar-refractivity contribution in [3.8, 4) is 0 Å². The molecule has 0 aliphatic heterocycles. The molecule has 0 atom stereocenters. The highest BCUT2D eigenvalue weighted by molar-refractivity contribution is 7.99. The third-order valence-corrected chi connectivity index (χ3v) is 3.56. The lowest BCUT2D eigenvalue weighted by Gasteiger charge is -2.09. The minimum absolute atomic E-state index is 0.0490. The molecule has 2 aromatic rings. The van der Waals surface area contributed by atoms with E-state index in [1.165, 1.54) is 11.8 Å². The van der Waals surface area contributed by atoms with Crippen LogP contribution in [0.3, 0.4) is 0 Å². The molecule has 0 saturated carbocycles. The molecule has 94 valence electrons. The fourth-order valence-electron chi connectivity index (χ4n) is 1.63. The Morgan fingerprint density at radius 3 is 2.89 bits per heavy atom. The van der Waals surface area contributed by atoms with E-state index in [-0.39, 0.29) is 12.0 Å². The highest BCUT2D eigenvalue weighted by atomic mass is 32.2. The van der Waals surface area contributed by atoms with Crippen LogP contribution in [0.2, 0.25) is 0 Å². The minimum Gasteiger partial charge on any atom is -0.481 e. The molecule has 0 fully saturated rings. The number of aromatic nitrogens is 2. The molecular weight excluding hydrogens is 252 g/mol. The van der Waals surface area contributed by atoms with Crippen molar-refractivity contribution in [2.75, 3.05) is 5.75 Å². The van der Waals surface area contributed by atoms with Crippen molar-refractivity contribution >= 4 is 28.6 Å². The van der Waals surface area contributed by atoms with Crippen molar-refractivity contribution in [1.82, 2.24) is 9.55 Å². The lowest BCUT2D eigenvalue weighted by Crippen LogP contribution is -2.14. The quantitative estimate of drug-likeness (QED) is 0.669. The molecule has 0 spiro atoms. The summed E-state index contributed by atoms with van der Waals surface area (Å²) in [4.78, 5) is 26.2. The lowest BCUT2D eigenvalue weighted by molar-refractivity contribution is -0.136. The molecule has 1 aromatic heterocycles. The van der Waals surface area contributed by atoms with E-state index < -0.39 is 5.97 Å². The van der Waals surface area contributed by atoms with Gasteiger partial charge in [0.25, 0.3) is 5.56 Å². The maximum Gasteiger partial charge on any atom is 0.304 e. The monoisotopic (exact) mass is 264 g/mol. The Kier molecular flexibility index (Phi) is 3.66. The molecule has 1 aromatic carbocycles. The third kappa shape index (κ3) is 2.53. The zero-order valence-corrected chi connectivity index (χ0v) is 10.6. The number of benzene rings is 1. The Morgan fingerprint density at radius 1 is 1.44 bits per heavy atom. The van der Waals surface area contributed by atoms with Crippen LogP contribution in [-0.2, 0) is 11.8 Å². The molecule has 0 radical (unpaired) electrons. The van der Waals surface area contributed by atoms with Crippen molar-refractivity contribution in [1.29, 1.82) is 0 Å². The first-order valence-electron chi connectivity index (χ1n) is 5.40. The van der Waals surface area contributed by atoms with Crippen LogP contribution < -0.4 is 5.56 Å². The summed E-state index contributed by atoms with van der Waals surface area (Å²) in [7, 11) is 1.82. The summed E-state index contributed by atoms with van der Waals surface area (Å²) in [5.74, 6) is -0.457. The van der Waals surface area contributed by atoms with Gasteiger partial charge in [-0.2, -0.15) is 4.98 Å². The first-order chi connectivity index (χ1) is 8.59. The largest absolute Gasteiger partial charge is 0.481 e. The maximum absolute atomic E-state index is 11.8. The van der Waals surface area contributed by atoms with E-state index in [0.29, 0.717) is 16.3 Å². The molecule has 5 nitrogen and oxygen atoms in total. The number of aliphatic carboxylic acids is 1. The Hall–Kier alpha value is -1.82. The van der Waals surface area contributed by atoms with E-state index in [0.717, 1.165) is 5.52 Å². The SMILES string of the molecule is Cn1c(SCCC(=O)O)nc(=O)c2ccccc21. The van der Waals surface area contributed by atoms with Gasteiger partial charge in [0.2, 0.25) is 0 Å². The molecular formula is C12H12N2O3S. The van der Waals surface area contributed by atoms with Gasteiger partial charge in [0.05, 0.1) is 17.3 Å². The average Bonchev–Trinajstić information content (AvgIpc) is 2.35. The van der Waals surface area contributed by atoms with Gasteiger partial charge in [0, 0.05) is 12.8 Å². The van der Waals surface area contributed by atoms with Gasteiger partial charge in [0.15, 0.2) is 5.16 Å². The van der Waals surface area contributed by atoms with Crippen LogP contribution in [0.5, 0.6) is 0 Å². The predicted octanol–water partition coefficient (Wildman–Crippen LogP) is 1.50. The molecule has 0 saturated heterocycles. The number of para-hydroxylation sites is 1. The summed E-state index contributed by atoms with van der Waals surface area (Å²) >= 11 is 1.28. The third-order valence-electron chi connectivity index (χ3n) is 2.53. The summed E-state index contributed by atoms with van der Waals surface area (Å²) in [5.41, 5.74) is 0.525. The van der Waals surface area contributed by atoms with Crippen LogP contribution in [0, 0.1) is 0 Å². The number of aryl methyl sites for hydroxylation is 1. The second kappa shape index (κ2) is 5.22. The molecule has 2 rings (SSSR count). The van der Waals surface area contributed by atoms with E-state index in [1.54, 1.807) is 12.1 Å². The Balaban J connectivity index is 2.37. The normalized spacial score (nSPS) is 10.7. The van der Waals surface area contributed by atoms with Gasteiger partial charge in [-0.15, -0.1) is 0 Å². The first-order valence-corrected chi connectivity index (χ1v) is 6.38. The van der Waals surface area contributed by atoms with Gasteiger partial charge < -0.3 is 9.67 Å². The van der Waals surface area contributed by atoms with Crippen molar-refractivity contribution in [2.45, 2.75) is 11.6 Å². The summed E-state index contributed by atoms with van der Waals surface area (Å²) in [6.07, 6.45) is 0.0490. The first kappa shape index (κ1) is 12.6. The number of carboxylic acids is 1. The number of hydrogen-bond acceptors (Lipinski definition) is 4. The lowest BCUT2D eigenvalue weighted by atomic mass is 10.2. The molecule has 0 unspecified atom stereocenters. The van der Waals surface area contributed by atoms with Crippen LogP contribution in [0.15, 0.2) is 34.2 Å². The summed E-state index contributed by atoms with van der Waals surface area (Å²) in [5, 5.41) is 9.70. The van der Waals surface area contributed by atoms with E-state index in [1.807, 2.05) is 23.7 Å². The van der Waals surface area contributed by atoms with Crippen molar-refractivity contribution in [3.05, 3.63) is 34.6 Å². The number of rotatable bonds is 4. The topological polar surface area (TPSA) is 72.2 Å². The number of nitrogens with zero attached hydrogens (tertiary/aromatic N) is 2. The molecule has 18 heavy (non-hydrogen) atoms. The molecule has 0 bridgehead atoms. The summed E-state index contributed by atoms with van der Waals surface area (Å²) in [6.45, 7) is 0. The van der Waals surface area contributed by atoms with Crippen LogP contribution >= 0.6 is 11.8 Å². The van der Waals surface area contributed by atoms with Crippen LogP contribution in [0.4, 0.5) is 0 Å². The highest BCUT2D eigenvalue weighted by Gasteiger charge is 2.08. The Labute approximate surface area is 107 Å². The van der Waals surface area contributed by atoms with Crippen LogP contribution in [-0.4, -0.2) is 26.4 Å². The standard InChI is InChI=1S/C12H12N2O3S/c1-14-9-5-3-2-4-8(9)11(17)13-12(14)18-7-6-10(15)16/h2-5H,6-7H2,1H3,(H,15,16). The van der Waals surface area contributed by atoms with E-state index in [2.05, 4.69) is 4.98 Å². The number of carboxylic acid groups (broad SMARTS) is 1. The maximum atomic E-state index is 11.8. The Morgan fingerprint density at radius 2 is 2.17 bits per heavy atom. The molecule has 1 N–H and O–H groups in total. The zero-order valence-electron chi connectivity index (χ0n) is 9.79. The van der Waals surface area contributed by atoms with E-state index in [4.69, 9.17) is 5.11 Å². The smallest absolute Gasteiger partial charge is 0.304 e. The Bertz CT molecular complexity index is 651. The summed E-state index contributed by atoms with van der Waals surface area (Å²) in [6, 6.07) is 7.23. The van der Waals surface area contributed by atoms with Gasteiger partial charge in [-0.3, -0.25) is 9.59 Å². The van der Waals surface area contributed by atoms with E-state index in [9.17, 15) is 9.59 Å².